The second kappa shape index (κ2) is 8.62. The van der Waals surface area contributed by atoms with Crippen molar-refractivity contribution >= 4 is 29.0 Å². The molecule has 10 heteroatoms. The van der Waals surface area contributed by atoms with E-state index in [1.54, 1.807) is 18.6 Å². The molecule has 1 atom stereocenters. The summed E-state index contributed by atoms with van der Waals surface area (Å²) in [6, 6.07) is 2.07. The Balaban J connectivity index is 0.000000687. The van der Waals surface area contributed by atoms with E-state index in [0.717, 1.165) is 55.7 Å². The first-order valence-electron chi connectivity index (χ1n) is 9.94. The summed E-state index contributed by atoms with van der Waals surface area (Å²) in [7, 11) is 0. The molecule has 1 spiro atoms. The highest BCUT2D eigenvalue weighted by molar-refractivity contribution is 5.88. The van der Waals surface area contributed by atoms with Gasteiger partial charge in [-0.15, -0.1) is 0 Å². The van der Waals surface area contributed by atoms with Crippen LogP contribution in [-0.2, 0) is 4.79 Å². The summed E-state index contributed by atoms with van der Waals surface area (Å²) >= 11 is 0. The first-order chi connectivity index (χ1) is 14.6. The van der Waals surface area contributed by atoms with E-state index in [1.807, 2.05) is 12.4 Å². The van der Waals surface area contributed by atoms with Gasteiger partial charge in [-0.05, 0) is 30.7 Å². The number of rotatable bonds is 2. The number of aliphatic hydroxyl groups excluding tert-OH is 1. The molecule has 0 aliphatic carbocycles. The number of pyridine rings is 1. The van der Waals surface area contributed by atoms with Gasteiger partial charge in [-0.2, -0.15) is 5.10 Å². The molecule has 2 aliphatic heterocycles. The molecule has 0 aromatic carbocycles. The van der Waals surface area contributed by atoms with Gasteiger partial charge in [0.05, 0.1) is 29.6 Å². The number of carboxylic acid groups (broad SMARTS) is 1. The summed E-state index contributed by atoms with van der Waals surface area (Å²) < 4.78 is 0. The van der Waals surface area contributed by atoms with Gasteiger partial charge in [-0.3, -0.25) is 14.9 Å². The number of hydrogen-bond acceptors (Lipinski definition) is 8. The van der Waals surface area contributed by atoms with Gasteiger partial charge in [0, 0.05) is 44.8 Å². The molecular formula is C20H25N7O3. The topological polar surface area (TPSA) is 131 Å². The number of aliphatic hydroxyl groups is 1. The fraction of sp³-hybridized carbons (Fsp3) is 0.450. The summed E-state index contributed by atoms with van der Waals surface area (Å²) in [6.07, 6.45) is 11.5. The lowest BCUT2D eigenvalue weighted by molar-refractivity contribution is -0.122. The first kappa shape index (κ1) is 20.0. The van der Waals surface area contributed by atoms with Crippen molar-refractivity contribution in [2.45, 2.75) is 25.4 Å². The van der Waals surface area contributed by atoms with Crippen molar-refractivity contribution in [1.29, 1.82) is 0 Å². The maximum absolute atomic E-state index is 10.5. The van der Waals surface area contributed by atoms with E-state index in [2.05, 4.69) is 41.0 Å². The standard InChI is InChI=1S/C19H23N7O.CH2O2/c27-14-9-19(13-26(12-14)17-11-20-5-6-21-17)2-7-25(8-3-19)16-1-4-22-18-15(16)10-23-24-18;2-1-3/h1,4-6,10-11,14,27H,2-3,7-9,12-13H2,(H,22,23,24);1H,(H,2,3). The van der Waals surface area contributed by atoms with Gasteiger partial charge in [0.2, 0.25) is 0 Å². The van der Waals surface area contributed by atoms with Crippen molar-refractivity contribution in [3.8, 4) is 0 Å². The van der Waals surface area contributed by atoms with Crippen LogP contribution < -0.4 is 9.80 Å². The van der Waals surface area contributed by atoms with E-state index in [9.17, 15) is 5.11 Å². The van der Waals surface area contributed by atoms with Gasteiger partial charge in [-0.25, -0.2) is 9.97 Å². The van der Waals surface area contributed by atoms with Crippen LogP contribution in [0.5, 0.6) is 0 Å². The molecule has 10 nitrogen and oxygen atoms in total. The third-order valence-electron chi connectivity index (χ3n) is 6.00. The van der Waals surface area contributed by atoms with Crippen LogP contribution in [0.2, 0.25) is 0 Å². The molecule has 30 heavy (non-hydrogen) atoms. The van der Waals surface area contributed by atoms with Crippen LogP contribution in [0.3, 0.4) is 0 Å². The van der Waals surface area contributed by atoms with Crippen LogP contribution in [0.4, 0.5) is 11.5 Å². The molecule has 2 fully saturated rings. The minimum absolute atomic E-state index is 0.119. The number of hydrogen-bond donors (Lipinski definition) is 3. The second-order valence-electron chi connectivity index (χ2n) is 7.86. The Morgan fingerprint density at radius 2 is 1.93 bits per heavy atom. The molecule has 3 aromatic rings. The van der Waals surface area contributed by atoms with E-state index in [4.69, 9.17) is 9.90 Å². The fourth-order valence-electron chi connectivity index (χ4n) is 4.68. The van der Waals surface area contributed by atoms with Gasteiger partial charge < -0.3 is 20.0 Å². The number of carbonyl (C=O) groups is 1. The number of aromatic nitrogens is 5. The molecule has 0 bridgehead atoms. The first-order valence-corrected chi connectivity index (χ1v) is 9.94. The van der Waals surface area contributed by atoms with Crippen LogP contribution in [0.1, 0.15) is 19.3 Å². The highest BCUT2D eigenvalue weighted by Gasteiger charge is 2.42. The Hall–Kier alpha value is -3.27. The van der Waals surface area contributed by atoms with Crippen molar-refractivity contribution < 1.29 is 15.0 Å². The summed E-state index contributed by atoms with van der Waals surface area (Å²) in [6.45, 7) is 3.23. The fourth-order valence-corrected chi connectivity index (χ4v) is 4.68. The maximum Gasteiger partial charge on any atom is 0.290 e. The molecule has 5 rings (SSSR count). The smallest absolute Gasteiger partial charge is 0.290 e. The largest absolute Gasteiger partial charge is 0.483 e. The Morgan fingerprint density at radius 3 is 2.67 bits per heavy atom. The van der Waals surface area contributed by atoms with Crippen molar-refractivity contribution in [2.24, 2.45) is 5.41 Å². The summed E-state index contributed by atoms with van der Waals surface area (Å²) in [5.41, 5.74) is 2.13. The van der Waals surface area contributed by atoms with Crippen molar-refractivity contribution in [3.63, 3.8) is 0 Å². The number of β-amino-alcohol motifs (C(OH)–C–C–N with tert-alkyl or cyclic N) is 1. The minimum atomic E-state index is -0.325. The Kier molecular flexibility index (Phi) is 5.75. The maximum atomic E-state index is 10.5. The molecule has 1 unspecified atom stereocenters. The normalized spacial score (nSPS) is 20.6. The zero-order valence-corrected chi connectivity index (χ0v) is 16.6. The van der Waals surface area contributed by atoms with Crippen molar-refractivity contribution in [1.82, 2.24) is 25.1 Å². The molecule has 0 radical (unpaired) electrons. The number of H-pyrrole nitrogens is 1. The highest BCUT2D eigenvalue weighted by atomic mass is 16.3. The number of anilines is 2. The Labute approximate surface area is 173 Å². The van der Waals surface area contributed by atoms with Crippen LogP contribution >= 0.6 is 0 Å². The van der Waals surface area contributed by atoms with Gasteiger partial charge >= 0.3 is 0 Å². The van der Waals surface area contributed by atoms with Crippen LogP contribution in [0.15, 0.2) is 37.1 Å². The number of fused-ring (bicyclic) bond motifs is 1. The third kappa shape index (κ3) is 4.04. The van der Waals surface area contributed by atoms with Crippen molar-refractivity contribution in [3.05, 3.63) is 37.1 Å². The molecule has 2 aliphatic rings. The van der Waals surface area contributed by atoms with E-state index < -0.39 is 0 Å². The number of nitrogens with one attached hydrogen (secondary N) is 1. The lowest BCUT2D eigenvalue weighted by atomic mass is 9.71. The quantitative estimate of drug-likeness (QED) is 0.534. The second-order valence-corrected chi connectivity index (χ2v) is 7.86. The average Bonchev–Trinajstić information content (AvgIpc) is 3.24. The average molecular weight is 411 g/mol. The van der Waals surface area contributed by atoms with E-state index >= 15 is 0 Å². The SMILES string of the molecule is O=CO.OC1CN(c2cnccn2)CC2(CCN(c3ccnc4[nH]ncc34)CC2)C1. The van der Waals surface area contributed by atoms with Gasteiger partial charge in [0.15, 0.2) is 5.65 Å². The molecule has 5 heterocycles. The summed E-state index contributed by atoms with van der Waals surface area (Å²) in [4.78, 5) is 25.9. The molecule has 0 amide bonds. The molecular weight excluding hydrogens is 386 g/mol. The molecule has 0 saturated carbocycles. The van der Waals surface area contributed by atoms with E-state index in [0.29, 0.717) is 6.54 Å². The number of nitrogens with zero attached hydrogens (tertiary/aromatic N) is 6. The monoisotopic (exact) mass is 411 g/mol. The number of aromatic amines is 1. The predicted molar refractivity (Wildman–Crippen MR) is 111 cm³/mol. The van der Waals surface area contributed by atoms with Gasteiger partial charge in [0.1, 0.15) is 5.82 Å². The Morgan fingerprint density at radius 1 is 1.13 bits per heavy atom. The summed E-state index contributed by atoms with van der Waals surface area (Å²) in [5, 5.41) is 25.6. The zero-order chi connectivity index (χ0) is 21.0. The molecule has 2 saturated heterocycles. The Bertz CT molecular complexity index is 973. The third-order valence-corrected chi connectivity index (χ3v) is 6.00. The minimum Gasteiger partial charge on any atom is -0.483 e. The van der Waals surface area contributed by atoms with E-state index in [-0.39, 0.29) is 18.0 Å². The lowest BCUT2D eigenvalue weighted by Crippen LogP contribution is -2.54. The zero-order valence-electron chi connectivity index (χ0n) is 16.6. The van der Waals surface area contributed by atoms with Gasteiger partial charge in [0.25, 0.3) is 6.47 Å². The molecule has 3 N–H and O–H groups in total. The molecule has 3 aromatic heterocycles. The number of piperidine rings is 2. The summed E-state index contributed by atoms with van der Waals surface area (Å²) in [5.74, 6) is 0.854. The van der Waals surface area contributed by atoms with Crippen LogP contribution in [-0.4, -0.2) is 74.1 Å². The van der Waals surface area contributed by atoms with Gasteiger partial charge in [-0.1, -0.05) is 0 Å². The predicted octanol–water partition coefficient (Wildman–Crippen LogP) is 1.31. The van der Waals surface area contributed by atoms with Crippen molar-refractivity contribution in [2.75, 3.05) is 36.0 Å². The van der Waals surface area contributed by atoms with Crippen LogP contribution in [0, 0.1) is 5.41 Å². The molecule has 158 valence electrons. The highest BCUT2D eigenvalue weighted by Crippen LogP contribution is 2.42. The van der Waals surface area contributed by atoms with E-state index in [1.165, 1.54) is 5.69 Å². The van der Waals surface area contributed by atoms with Crippen LogP contribution in [0.25, 0.3) is 11.0 Å². The lowest BCUT2D eigenvalue weighted by Gasteiger charge is -2.49.